The standard InChI is InChI=1S/C16H21Cl2N3O2/c1-10(11-3-4-11)19-15(22)8-21(2)9-16(23)20-12-5-6-13(17)14(18)7-12/h5-7,10-11H,3-4,8-9H2,1-2H3,(H,19,22)(H,20,23)/t10-/m0/s1. The SMILES string of the molecule is C[C@H](NC(=O)CN(C)CC(=O)Nc1ccc(Cl)c(Cl)c1)C1CC1. The Morgan fingerprint density at radius 1 is 1.22 bits per heavy atom. The zero-order valence-corrected chi connectivity index (χ0v) is 14.7. The molecule has 0 aliphatic heterocycles. The van der Waals surface area contributed by atoms with E-state index in [9.17, 15) is 9.59 Å². The maximum Gasteiger partial charge on any atom is 0.238 e. The van der Waals surface area contributed by atoms with E-state index >= 15 is 0 Å². The van der Waals surface area contributed by atoms with Crippen LogP contribution in [0.2, 0.25) is 10.0 Å². The van der Waals surface area contributed by atoms with E-state index in [1.165, 1.54) is 12.8 Å². The highest BCUT2D eigenvalue weighted by atomic mass is 35.5. The molecule has 1 aliphatic rings. The number of hydrogen-bond donors (Lipinski definition) is 2. The van der Waals surface area contributed by atoms with Gasteiger partial charge in [-0.3, -0.25) is 14.5 Å². The summed E-state index contributed by atoms with van der Waals surface area (Å²) in [7, 11) is 1.73. The molecule has 1 atom stereocenters. The zero-order valence-electron chi connectivity index (χ0n) is 13.2. The third-order valence-electron chi connectivity index (χ3n) is 3.75. The van der Waals surface area contributed by atoms with Gasteiger partial charge in [0.1, 0.15) is 0 Å². The lowest BCUT2D eigenvalue weighted by Gasteiger charge is -2.18. The molecular weight excluding hydrogens is 337 g/mol. The molecule has 0 aromatic heterocycles. The lowest BCUT2D eigenvalue weighted by molar-refractivity contribution is -0.123. The number of benzene rings is 1. The van der Waals surface area contributed by atoms with E-state index in [0.717, 1.165) is 0 Å². The number of nitrogens with zero attached hydrogens (tertiary/aromatic N) is 1. The van der Waals surface area contributed by atoms with Crippen molar-refractivity contribution in [2.24, 2.45) is 5.92 Å². The molecule has 7 heteroatoms. The van der Waals surface area contributed by atoms with Gasteiger partial charge in [-0.1, -0.05) is 23.2 Å². The molecule has 126 valence electrons. The van der Waals surface area contributed by atoms with Gasteiger partial charge in [0, 0.05) is 11.7 Å². The number of amides is 2. The number of carbonyl (C=O) groups excluding carboxylic acids is 2. The number of anilines is 1. The van der Waals surface area contributed by atoms with Crippen LogP contribution in [0.15, 0.2) is 18.2 Å². The molecule has 0 unspecified atom stereocenters. The molecule has 5 nitrogen and oxygen atoms in total. The smallest absolute Gasteiger partial charge is 0.238 e. The largest absolute Gasteiger partial charge is 0.352 e. The summed E-state index contributed by atoms with van der Waals surface area (Å²) in [5.41, 5.74) is 0.574. The van der Waals surface area contributed by atoms with Crippen molar-refractivity contribution in [3.63, 3.8) is 0 Å². The van der Waals surface area contributed by atoms with Crippen LogP contribution in [0.1, 0.15) is 19.8 Å². The van der Waals surface area contributed by atoms with E-state index in [0.29, 0.717) is 21.7 Å². The Labute approximate surface area is 146 Å². The summed E-state index contributed by atoms with van der Waals surface area (Å²) in [5, 5.41) is 6.51. The Balaban J connectivity index is 1.75. The van der Waals surface area contributed by atoms with E-state index in [4.69, 9.17) is 23.2 Å². The van der Waals surface area contributed by atoms with Crippen molar-refractivity contribution in [2.45, 2.75) is 25.8 Å². The minimum atomic E-state index is -0.214. The molecule has 0 heterocycles. The van der Waals surface area contributed by atoms with E-state index in [1.54, 1.807) is 30.1 Å². The van der Waals surface area contributed by atoms with Crippen molar-refractivity contribution in [1.29, 1.82) is 0 Å². The minimum absolute atomic E-state index is 0.0609. The molecule has 1 saturated carbocycles. The second kappa shape index (κ2) is 7.99. The van der Waals surface area contributed by atoms with Gasteiger partial charge in [0.15, 0.2) is 0 Å². The number of rotatable bonds is 7. The summed E-state index contributed by atoms with van der Waals surface area (Å²) in [6.45, 7) is 2.32. The Morgan fingerprint density at radius 2 is 1.87 bits per heavy atom. The topological polar surface area (TPSA) is 61.4 Å². The van der Waals surface area contributed by atoms with Gasteiger partial charge in [0.05, 0.1) is 23.1 Å². The first-order chi connectivity index (χ1) is 10.8. The van der Waals surface area contributed by atoms with Crippen molar-refractivity contribution < 1.29 is 9.59 Å². The van der Waals surface area contributed by atoms with Gasteiger partial charge < -0.3 is 10.6 Å². The highest BCUT2D eigenvalue weighted by Crippen LogP contribution is 2.32. The number of carbonyl (C=O) groups is 2. The van der Waals surface area contributed by atoms with Crippen molar-refractivity contribution in [2.75, 3.05) is 25.5 Å². The molecular formula is C16H21Cl2N3O2. The summed E-state index contributed by atoms with van der Waals surface area (Å²) in [6, 6.07) is 5.10. The summed E-state index contributed by atoms with van der Waals surface area (Å²) >= 11 is 11.7. The van der Waals surface area contributed by atoms with Gasteiger partial charge in [-0.05, 0) is 50.9 Å². The molecule has 2 amide bonds. The van der Waals surface area contributed by atoms with Gasteiger partial charge in [-0.2, -0.15) is 0 Å². The van der Waals surface area contributed by atoms with Crippen molar-refractivity contribution in [3.8, 4) is 0 Å². The molecule has 1 aliphatic carbocycles. The minimum Gasteiger partial charge on any atom is -0.352 e. The zero-order chi connectivity index (χ0) is 17.0. The third kappa shape index (κ3) is 6.01. The van der Waals surface area contributed by atoms with Crippen LogP contribution in [0.25, 0.3) is 0 Å². The number of hydrogen-bond acceptors (Lipinski definition) is 3. The average Bonchev–Trinajstić information content (AvgIpc) is 3.26. The van der Waals surface area contributed by atoms with Gasteiger partial charge >= 0.3 is 0 Å². The molecule has 0 bridgehead atoms. The summed E-state index contributed by atoms with van der Waals surface area (Å²) in [4.78, 5) is 25.6. The van der Waals surface area contributed by atoms with Crippen molar-refractivity contribution in [1.82, 2.24) is 10.2 Å². The maximum atomic E-state index is 12.0. The van der Waals surface area contributed by atoms with Gasteiger partial charge in [0.2, 0.25) is 11.8 Å². The highest BCUT2D eigenvalue weighted by Gasteiger charge is 2.29. The number of likely N-dealkylation sites (N-methyl/N-ethyl adjacent to an activating group) is 1. The molecule has 0 spiro atoms. The van der Waals surface area contributed by atoms with Crippen LogP contribution in [0.4, 0.5) is 5.69 Å². The first-order valence-electron chi connectivity index (χ1n) is 7.58. The van der Waals surface area contributed by atoms with Crippen LogP contribution >= 0.6 is 23.2 Å². The molecule has 1 aromatic carbocycles. The Hall–Kier alpha value is -1.30. The van der Waals surface area contributed by atoms with Crippen LogP contribution in [-0.2, 0) is 9.59 Å². The lowest BCUT2D eigenvalue weighted by Crippen LogP contribution is -2.42. The van der Waals surface area contributed by atoms with E-state index in [2.05, 4.69) is 10.6 Å². The summed E-state index contributed by atoms with van der Waals surface area (Å²) in [6.07, 6.45) is 2.37. The summed E-state index contributed by atoms with van der Waals surface area (Å²) in [5.74, 6) is 0.338. The van der Waals surface area contributed by atoms with Gasteiger partial charge in [-0.15, -0.1) is 0 Å². The van der Waals surface area contributed by atoms with Crippen LogP contribution in [0.3, 0.4) is 0 Å². The lowest BCUT2D eigenvalue weighted by atomic mass is 10.2. The van der Waals surface area contributed by atoms with Crippen molar-refractivity contribution in [3.05, 3.63) is 28.2 Å². The highest BCUT2D eigenvalue weighted by molar-refractivity contribution is 6.42. The first-order valence-corrected chi connectivity index (χ1v) is 8.33. The second-order valence-electron chi connectivity index (χ2n) is 6.04. The van der Waals surface area contributed by atoms with Crippen LogP contribution in [-0.4, -0.2) is 42.9 Å². The predicted molar refractivity (Wildman–Crippen MR) is 92.9 cm³/mol. The number of halogens is 2. The molecule has 1 aromatic rings. The molecule has 0 saturated heterocycles. The fraction of sp³-hybridized carbons (Fsp3) is 0.500. The van der Waals surface area contributed by atoms with Crippen LogP contribution in [0.5, 0.6) is 0 Å². The van der Waals surface area contributed by atoms with E-state index < -0.39 is 0 Å². The fourth-order valence-electron chi connectivity index (χ4n) is 2.33. The Kier molecular flexibility index (Phi) is 6.27. The molecule has 23 heavy (non-hydrogen) atoms. The average molecular weight is 358 g/mol. The number of nitrogens with one attached hydrogen (secondary N) is 2. The first kappa shape index (κ1) is 18.0. The second-order valence-corrected chi connectivity index (χ2v) is 6.86. The molecule has 2 rings (SSSR count). The Bertz CT molecular complexity index is 591. The quantitative estimate of drug-likeness (QED) is 0.788. The van der Waals surface area contributed by atoms with E-state index in [1.807, 2.05) is 6.92 Å². The van der Waals surface area contributed by atoms with Gasteiger partial charge in [-0.25, -0.2) is 0 Å². The molecule has 2 N–H and O–H groups in total. The molecule has 1 fully saturated rings. The predicted octanol–water partition coefficient (Wildman–Crippen LogP) is 2.78. The Morgan fingerprint density at radius 3 is 2.48 bits per heavy atom. The molecule has 0 radical (unpaired) electrons. The van der Waals surface area contributed by atoms with Crippen LogP contribution < -0.4 is 10.6 Å². The fourth-order valence-corrected chi connectivity index (χ4v) is 2.63. The van der Waals surface area contributed by atoms with Crippen LogP contribution in [0, 0.1) is 5.92 Å². The monoisotopic (exact) mass is 357 g/mol. The third-order valence-corrected chi connectivity index (χ3v) is 4.49. The normalized spacial score (nSPS) is 15.3. The maximum absolute atomic E-state index is 12.0. The van der Waals surface area contributed by atoms with Gasteiger partial charge in [0.25, 0.3) is 0 Å². The van der Waals surface area contributed by atoms with E-state index in [-0.39, 0.29) is 30.9 Å². The van der Waals surface area contributed by atoms with Crippen molar-refractivity contribution >= 4 is 40.7 Å². The summed E-state index contributed by atoms with van der Waals surface area (Å²) < 4.78 is 0.